The molecule has 3 rings (SSSR count). The molecule has 0 aliphatic carbocycles. The number of nitrogens with two attached hydrogens (primary N) is 1. The number of rotatable bonds is 8. The number of halogens is 1. The summed E-state index contributed by atoms with van der Waals surface area (Å²) in [5.41, 5.74) is 8.06. The normalized spacial score (nSPS) is 16.0. The van der Waals surface area contributed by atoms with Gasteiger partial charge in [-0.1, -0.05) is 24.3 Å². The van der Waals surface area contributed by atoms with Gasteiger partial charge in [0.2, 0.25) is 11.8 Å². The van der Waals surface area contributed by atoms with Crippen LogP contribution >= 0.6 is 0 Å². The number of benzene rings is 2. The minimum absolute atomic E-state index is 0. The number of amides is 3. The van der Waals surface area contributed by atoms with Crippen LogP contribution in [-0.4, -0.2) is 49.5 Å². The van der Waals surface area contributed by atoms with Crippen molar-refractivity contribution in [1.29, 1.82) is 0 Å². The van der Waals surface area contributed by atoms with E-state index < -0.39 is 18.0 Å². The number of anilines is 1. The van der Waals surface area contributed by atoms with Gasteiger partial charge in [-0.25, -0.2) is 9.18 Å². The Bertz CT molecular complexity index is 1080. The summed E-state index contributed by atoms with van der Waals surface area (Å²) in [4.78, 5) is 39.1. The van der Waals surface area contributed by atoms with Crippen LogP contribution in [0.25, 0.3) is 11.1 Å². The maximum Gasteiger partial charge on any atom is 0.414 e. The standard InChI is InChI=1S/C23H26FN5O4.2H2/c1-14(30)27-11-19-13-29(23(32)33-19)18-7-8-20(21(24)9-18)17-5-3-16(4-6-17)10-26-12-22(25)28-15(2)31;;/h3-9,19,26H,10-13H2,1-2H3,(H,27,30)(H2,25,28,31);2*1H/t19-;;/m0../s1. The molecule has 1 atom stereocenters. The summed E-state index contributed by atoms with van der Waals surface area (Å²) in [6, 6.07) is 11.9. The molecule has 0 bridgehead atoms. The molecule has 0 saturated carbocycles. The highest BCUT2D eigenvalue weighted by atomic mass is 19.1. The number of amidine groups is 1. The minimum atomic E-state index is -0.580. The first-order valence-electron chi connectivity index (χ1n) is 10.4. The van der Waals surface area contributed by atoms with Crippen molar-refractivity contribution < 1.29 is 26.4 Å². The summed E-state index contributed by atoms with van der Waals surface area (Å²) in [6.07, 6.45) is -1.07. The summed E-state index contributed by atoms with van der Waals surface area (Å²) < 4.78 is 20.1. The highest BCUT2D eigenvalue weighted by Gasteiger charge is 2.32. The molecular formula is C23H30FN5O4. The van der Waals surface area contributed by atoms with E-state index in [2.05, 4.69) is 15.6 Å². The summed E-state index contributed by atoms with van der Waals surface area (Å²) in [5.74, 6) is -0.819. The first-order chi connectivity index (χ1) is 15.7. The van der Waals surface area contributed by atoms with E-state index in [1.807, 2.05) is 12.1 Å². The largest absolute Gasteiger partial charge is 0.442 e. The van der Waals surface area contributed by atoms with Gasteiger partial charge in [-0.3, -0.25) is 14.5 Å². The fraction of sp³-hybridized carbons (Fsp3) is 0.304. The van der Waals surface area contributed by atoms with Crippen molar-refractivity contribution in [2.75, 3.05) is 24.5 Å². The SMILES string of the molecule is CC(=O)N=C(N)CNCc1ccc(-c2ccc(N3C[C@H](CNC(C)=O)OC3=O)cc2F)cc1.[HH].[HH]. The van der Waals surface area contributed by atoms with Crippen molar-refractivity contribution in [3.63, 3.8) is 0 Å². The number of carbonyl (C=O) groups is 3. The molecule has 1 fully saturated rings. The van der Waals surface area contributed by atoms with Crippen LogP contribution in [0.4, 0.5) is 14.9 Å². The molecule has 0 aromatic heterocycles. The third kappa shape index (κ3) is 6.59. The van der Waals surface area contributed by atoms with Gasteiger partial charge in [-0.2, -0.15) is 4.99 Å². The highest BCUT2D eigenvalue weighted by molar-refractivity contribution is 5.93. The minimum Gasteiger partial charge on any atom is -0.442 e. The van der Waals surface area contributed by atoms with Crippen LogP contribution in [-0.2, 0) is 20.9 Å². The predicted octanol–water partition coefficient (Wildman–Crippen LogP) is 2.44. The fourth-order valence-corrected chi connectivity index (χ4v) is 3.38. The molecule has 0 unspecified atom stereocenters. The first-order valence-corrected chi connectivity index (χ1v) is 10.4. The maximum atomic E-state index is 14.9. The van der Waals surface area contributed by atoms with Gasteiger partial charge in [0.1, 0.15) is 17.8 Å². The number of aliphatic imine (C=N–C) groups is 1. The van der Waals surface area contributed by atoms with Crippen molar-refractivity contribution in [3.8, 4) is 11.1 Å². The van der Waals surface area contributed by atoms with Gasteiger partial charge < -0.3 is 21.1 Å². The van der Waals surface area contributed by atoms with Gasteiger partial charge in [0.25, 0.3) is 0 Å². The Morgan fingerprint density at radius 3 is 2.61 bits per heavy atom. The molecule has 1 aliphatic rings. The van der Waals surface area contributed by atoms with E-state index in [-0.39, 0.29) is 40.1 Å². The predicted molar refractivity (Wildman–Crippen MR) is 126 cm³/mol. The van der Waals surface area contributed by atoms with Crippen LogP contribution in [0.5, 0.6) is 0 Å². The van der Waals surface area contributed by atoms with Crippen LogP contribution in [0.15, 0.2) is 47.5 Å². The molecule has 9 nitrogen and oxygen atoms in total. The molecule has 2 aromatic rings. The van der Waals surface area contributed by atoms with E-state index in [1.54, 1.807) is 24.3 Å². The first kappa shape index (κ1) is 23.9. The van der Waals surface area contributed by atoms with Crippen LogP contribution < -0.4 is 21.3 Å². The second-order valence-electron chi connectivity index (χ2n) is 7.64. The molecular weight excluding hydrogens is 429 g/mol. The van der Waals surface area contributed by atoms with E-state index in [4.69, 9.17) is 10.5 Å². The Morgan fingerprint density at radius 1 is 1.24 bits per heavy atom. The van der Waals surface area contributed by atoms with Gasteiger partial charge in [0.15, 0.2) is 0 Å². The quantitative estimate of drug-likeness (QED) is 0.411. The van der Waals surface area contributed by atoms with Gasteiger partial charge >= 0.3 is 6.09 Å². The second kappa shape index (κ2) is 10.7. The topological polar surface area (TPSA) is 126 Å². The lowest BCUT2D eigenvalue weighted by molar-refractivity contribution is -0.119. The Balaban J connectivity index is 0.00000306. The third-order valence-corrected chi connectivity index (χ3v) is 4.92. The number of cyclic esters (lactones) is 1. The summed E-state index contributed by atoms with van der Waals surface area (Å²) >= 11 is 0. The lowest BCUT2D eigenvalue weighted by Gasteiger charge is -2.15. The van der Waals surface area contributed by atoms with Crippen molar-refractivity contribution in [2.24, 2.45) is 10.7 Å². The lowest BCUT2D eigenvalue weighted by atomic mass is 10.0. The number of nitrogens with one attached hydrogen (secondary N) is 2. The van der Waals surface area contributed by atoms with Crippen LogP contribution in [0.3, 0.4) is 0 Å². The van der Waals surface area contributed by atoms with Crippen molar-refractivity contribution >= 4 is 29.4 Å². The number of hydrogen-bond acceptors (Lipinski definition) is 5. The van der Waals surface area contributed by atoms with Gasteiger partial charge in [0, 0.05) is 28.8 Å². The van der Waals surface area contributed by atoms with Crippen molar-refractivity contribution in [1.82, 2.24) is 10.6 Å². The average molecular weight is 460 g/mol. The highest BCUT2D eigenvalue weighted by Crippen LogP contribution is 2.29. The van der Waals surface area contributed by atoms with Crippen LogP contribution in [0.1, 0.15) is 22.3 Å². The third-order valence-electron chi connectivity index (χ3n) is 4.92. The Morgan fingerprint density at radius 2 is 1.97 bits per heavy atom. The lowest BCUT2D eigenvalue weighted by Crippen LogP contribution is -2.33. The van der Waals surface area contributed by atoms with E-state index in [0.717, 1.165) is 5.56 Å². The molecule has 2 aromatic carbocycles. The number of nitrogens with zero attached hydrogens (tertiary/aromatic N) is 2. The molecule has 33 heavy (non-hydrogen) atoms. The molecule has 4 N–H and O–H groups in total. The number of ether oxygens (including phenoxy) is 1. The van der Waals surface area contributed by atoms with E-state index in [0.29, 0.717) is 23.4 Å². The summed E-state index contributed by atoms with van der Waals surface area (Å²) in [6.45, 7) is 3.93. The fourth-order valence-electron chi connectivity index (χ4n) is 3.38. The second-order valence-corrected chi connectivity index (χ2v) is 7.64. The zero-order valence-electron chi connectivity index (χ0n) is 18.4. The Labute approximate surface area is 193 Å². The molecule has 1 aliphatic heterocycles. The Kier molecular flexibility index (Phi) is 7.73. The van der Waals surface area contributed by atoms with E-state index in [9.17, 15) is 18.8 Å². The molecule has 10 heteroatoms. The Hall–Kier alpha value is -3.79. The smallest absolute Gasteiger partial charge is 0.414 e. The molecule has 1 saturated heterocycles. The average Bonchev–Trinajstić information content (AvgIpc) is 3.13. The maximum absolute atomic E-state index is 14.9. The summed E-state index contributed by atoms with van der Waals surface area (Å²) in [5, 5.41) is 5.69. The number of carbonyl (C=O) groups excluding carboxylic acids is 3. The van der Waals surface area contributed by atoms with Crippen LogP contribution in [0, 0.1) is 5.82 Å². The number of hydrogen-bond donors (Lipinski definition) is 3. The van der Waals surface area contributed by atoms with Crippen molar-refractivity contribution in [3.05, 3.63) is 53.8 Å². The van der Waals surface area contributed by atoms with E-state index in [1.165, 1.54) is 24.8 Å². The zero-order chi connectivity index (χ0) is 24.0. The molecule has 3 amide bonds. The van der Waals surface area contributed by atoms with Crippen LogP contribution in [0.2, 0.25) is 0 Å². The molecule has 1 heterocycles. The van der Waals surface area contributed by atoms with Gasteiger partial charge in [-0.05, 0) is 29.3 Å². The molecule has 178 valence electrons. The van der Waals surface area contributed by atoms with Gasteiger partial charge in [-0.15, -0.1) is 0 Å². The van der Waals surface area contributed by atoms with Crippen molar-refractivity contribution in [2.45, 2.75) is 26.5 Å². The zero-order valence-corrected chi connectivity index (χ0v) is 18.4. The molecule has 0 radical (unpaired) electrons. The van der Waals surface area contributed by atoms with E-state index >= 15 is 0 Å². The summed E-state index contributed by atoms with van der Waals surface area (Å²) in [7, 11) is 0. The van der Waals surface area contributed by atoms with Gasteiger partial charge in [0.05, 0.1) is 25.3 Å². The monoisotopic (exact) mass is 459 g/mol. The molecule has 0 spiro atoms.